The second kappa shape index (κ2) is 7.15. The average Bonchev–Trinajstić information content (AvgIpc) is 3.41. The lowest BCUT2D eigenvalue weighted by molar-refractivity contribution is -0.138. The molecule has 5 nitrogen and oxygen atoms in total. The summed E-state index contributed by atoms with van der Waals surface area (Å²) >= 11 is 0. The number of rotatable bonds is 5. The Morgan fingerprint density at radius 3 is 2.41 bits per heavy atom. The Morgan fingerprint density at radius 1 is 1.12 bits per heavy atom. The molecule has 0 N–H and O–H groups in total. The van der Waals surface area contributed by atoms with E-state index in [1.165, 1.54) is 16.7 Å². The van der Waals surface area contributed by atoms with Crippen LogP contribution in [0.1, 0.15) is 42.6 Å². The van der Waals surface area contributed by atoms with Crippen LogP contribution < -0.4 is 4.74 Å². The SMILES string of the molecule is N#C[C@]1(c2cc(F)cc(F)c2)C[C@H](Oc2ccn3c(CC4CC4)nnc3c2C(F)(F)F)C1. The van der Waals surface area contributed by atoms with Gasteiger partial charge < -0.3 is 4.74 Å². The first-order chi connectivity index (χ1) is 15.2. The molecule has 0 radical (unpaired) electrons. The topological polar surface area (TPSA) is 63.2 Å². The molecule has 3 aromatic rings. The van der Waals surface area contributed by atoms with Crippen molar-refractivity contribution in [1.29, 1.82) is 5.26 Å². The van der Waals surface area contributed by atoms with Gasteiger partial charge in [-0.3, -0.25) is 4.40 Å². The van der Waals surface area contributed by atoms with Gasteiger partial charge in [0.15, 0.2) is 5.65 Å². The van der Waals surface area contributed by atoms with Crippen molar-refractivity contribution in [1.82, 2.24) is 14.6 Å². The minimum Gasteiger partial charge on any atom is -0.489 e. The molecule has 5 rings (SSSR count). The molecule has 2 aromatic heterocycles. The van der Waals surface area contributed by atoms with Crippen LogP contribution in [0.3, 0.4) is 0 Å². The zero-order valence-corrected chi connectivity index (χ0v) is 16.7. The largest absolute Gasteiger partial charge is 0.489 e. The van der Waals surface area contributed by atoms with Crippen LogP contribution in [0, 0.1) is 28.9 Å². The second-order valence-electron chi connectivity index (χ2n) is 8.51. The van der Waals surface area contributed by atoms with Crippen molar-refractivity contribution in [2.45, 2.75) is 49.8 Å². The van der Waals surface area contributed by atoms with Crippen LogP contribution in [0.5, 0.6) is 5.75 Å². The smallest absolute Gasteiger partial charge is 0.423 e. The number of nitrogens with zero attached hydrogens (tertiary/aromatic N) is 4. The van der Waals surface area contributed by atoms with Crippen molar-refractivity contribution >= 4 is 5.65 Å². The molecular weight excluding hydrogens is 431 g/mol. The molecule has 0 amide bonds. The van der Waals surface area contributed by atoms with Gasteiger partial charge in [0, 0.05) is 31.5 Å². The summed E-state index contributed by atoms with van der Waals surface area (Å²) in [6.07, 6.45) is -1.36. The van der Waals surface area contributed by atoms with Gasteiger partial charge in [-0.2, -0.15) is 18.4 Å². The lowest BCUT2D eigenvalue weighted by Gasteiger charge is -2.42. The molecule has 32 heavy (non-hydrogen) atoms. The van der Waals surface area contributed by atoms with Crippen LogP contribution in [0.15, 0.2) is 30.5 Å². The van der Waals surface area contributed by atoms with Crippen LogP contribution >= 0.6 is 0 Å². The highest BCUT2D eigenvalue weighted by Crippen LogP contribution is 2.47. The first kappa shape index (κ1) is 20.7. The molecule has 0 unspecified atom stereocenters. The van der Waals surface area contributed by atoms with Crippen LogP contribution in [0.2, 0.25) is 0 Å². The van der Waals surface area contributed by atoms with E-state index in [-0.39, 0.29) is 24.1 Å². The molecule has 0 aliphatic heterocycles. The highest BCUT2D eigenvalue weighted by Gasteiger charge is 2.49. The Kier molecular flexibility index (Phi) is 4.62. The Hall–Kier alpha value is -3.22. The molecule has 2 aliphatic carbocycles. The van der Waals surface area contributed by atoms with Gasteiger partial charge in [-0.15, -0.1) is 10.2 Å². The quantitative estimate of drug-likeness (QED) is 0.517. The number of fused-ring (bicyclic) bond motifs is 1. The number of alkyl halides is 3. The Bertz CT molecular complexity index is 1220. The van der Waals surface area contributed by atoms with Gasteiger partial charge in [0.05, 0.1) is 11.5 Å². The summed E-state index contributed by atoms with van der Waals surface area (Å²) in [7, 11) is 0. The molecule has 2 heterocycles. The van der Waals surface area contributed by atoms with Crippen LogP contribution in [-0.4, -0.2) is 20.7 Å². The molecule has 2 saturated carbocycles. The van der Waals surface area contributed by atoms with Gasteiger partial charge in [-0.1, -0.05) is 0 Å². The van der Waals surface area contributed by atoms with E-state index in [1.807, 2.05) is 6.07 Å². The summed E-state index contributed by atoms with van der Waals surface area (Å²) in [6, 6.07) is 6.09. The Labute approximate surface area is 179 Å². The average molecular weight is 448 g/mol. The number of ether oxygens (including phenoxy) is 1. The van der Waals surface area contributed by atoms with E-state index in [4.69, 9.17) is 4.74 Å². The van der Waals surface area contributed by atoms with E-state index in [0.29, 0.717) is 24.2 Å². The van der Waals surface area contributed by atoms with E-state index < -0.39 is 40.6 Å². The molecule has 2 aliphatic rings. The van der Waals surface area contributed by atoms with Crippen molar-refractivity contribution in [2.24, 2.45) is 5.92 Å². The standard InChI is InChI=1S/C22H17F5N4O/c23-14-6-13(7-15(24)8-14)21(11-28)9-16(10-21)32-17-3-4-31-18(5-12-1-2-12)29-30-20(31)19(17)22(25,26)27/h3-4,6-8,12,16H,1-2,5,9-10H2/t16-,21-. The Morgan fingerprint density at radius 2 is 1.81 bits per heavy atom. The normalized spacial score (nSPS) is 23.1. The molecule has 0 saturated heterocycles. The third kappa shape index (κ3) is 3.55. The van der Waals surface area contributed by atoms with Crippen molar-refractivity contribution < 1.29 is 26.7 Å². The van der Waals surface area contributed by atoms with E-state index in [0.717, 1.165) is 25.0 Å². The summed E-state index contributed by atoms with van der Waals surface area (Å²) in [5.41, 5.74) is -2.43. The van der Waals surface area contributed by atoms with Crippen molar-refractivity contribution in [2.75, 3.05) is 0 Å². The van der Waals surface area contributed by atoms with Crippen LogP contribution in [0.25, 0.3) is 5.65 Å². The number of benzene rings is 1. The second-order valence-corrected chi connectivity index (χ2v) is 8.51. The maximum Gasteiger partial charge on any atom is 0.423 e. The third-order valence-corrected chi connectivity index (χ3v) is 6.14. The molecule has 1 aromatic carbocycles. The lowest BCUT2D eigenvalue weighted by atomic mass is 9.63. The molecular formula is C22H17F5N4O. The van der Waals surface area contributed by atoms with E-state index in [1.54, 1.807) is 0 Å². The van der Waals surface area contributed by atoms with Gasteiger partial charge in [0.25, 0.3) is 0 Å². The van der Waals surface area contributed by atoms with Gasteiger partial charge in [-0.25, -0.2) is 8.78 Å². The summed E-state index contributed by atoms with van der Waals surface area (Å²) < 4.78 is 75.9. The van der Waals surface area contributed by atoms with Gasteiger partial charge in [-0.05, 0) is 42.5 Å². The maximum absolute atomic E-state index is 13.9. The predicted octanol–water partition coefficient (Wildman–Crippen LogP) is 4.98. The molecule has 0 spiro atoms. The minimum atomic E-state index is -4.73. The fraction of sp³-hybridized carbons (Fsp3) is 0.409. The zero-order chi connectivity index (χ0) is 22.7. The van der Waals surface area contributed by atoms with Crippen molar-refractivity contribution in [3.05, 3.63) is 59.0 Å². The lowest BCUT2D eigenvalue weighted by Crippen LogP contribution is -2.46. The fourth-order valence-corrected chi connectivity index (χ4v) is 4.27. The van der Waals surface area contributed by atoms with E-state index in [2.05, 4.69) is 10.2 Å². The zero-order valence-electron chi connectivity index (χ0n) is 16.7. The monoisotopic (exact) mass is 448 g/mol. The maximum atomic E-state index is 13.9. The van der Waals surface area contributed by atoms with Crippen molar-refractivity contribution in [3.8, 4) is 11.8 Å². The van der Waals surface area contributed by atoms with Crippen LogP contribution in [0.4, 0.5) is 22.0 Å². The summed E-state index contributed by atoms with van der Waals surface area (Å²) in [4.78, 5) is 0. The number of aromatic nitrogens is 3. The third-order valence-electron chi connectivity index (χ3n) is 6.14. The fourth-order valence-electron chi connectivity index (χ4n) is 4.27. The van der Waals surface area contributed by atoms with Crippen LogP contribution in [-0.2, 0) is 18.0 Å². The molecule has 2 fully saturated rings. The number of nitriles is 1. The highest BCUT2D eigenvalue weighted by molar-refractivity contribution is 5.57. The first-order valence-electron chi connectivity index (χ1n) is 10.2. The van der Waals surface area contributed by atoms with Gasteiger partial charge in [0.1, 0.15) is 34.9 Å². The molecule has 10 heteroatoms. The number of hydrogen-bond donors (Lipinski definition) is 0. The highest BCUT2D eigenvalue weighted by atomic mass is 19.4. The summed E-state index contributed by atoms with van der Waals surface area (Å²) in [6.45, 7) is 0. The summed E-state index contributed by atoms with van der Waals surface area (Å²) in [5.74, 6) is -1.15. The van der Waals surface area contributed by atoms with Gasteiger partial charge >= 0.3 is 6.18 Å². The minimum absolute atomic E-state index is 0.00842. The number of hydrogen-bond acceptors (Lipinski definition) is 4. The number of halogens is 5. The predicted molar refractivity (Wildman–Crippen MR) is 102 cm³/mol. The first-order valence-corrected chi connectivity index (χ1v) is 10.2. The van der Waals surface area contributed by atoms with Gasteiger partial charge in [0.2, 0.25) is 0 Å². The van der Waals surface area contributed by atoms with Crippen molar-refractivity contribution in [3.63, 3.8) is 0 Å². The Balaban J connectivity index is 1.43. The molecule has 166 valence electrons. The molecule has 0 bridgehead atoms. The number of pyridine rings is 1. The van der Waals surface area contributed by atoms with E-state index >= 15 is 0 Å². The van der Waals surface area contributed by atoms with E-state index in [9.17, 15) is 27.2 Å². The summed E-state index contributed by atoms with van der Waals surface area (Å²) in [5, 5.41) is 17.3. The molecule has 0 atom stereocenters.